The van der Waals surface area contributed by atoms with Crippen molar-refractivity contribution in [1.29, 1.82) is 0 Å². The van der Waals surface area contributed by atoms with Crippen LogP contribution in [0.5, 0.6) is 11.5 Å². The summed E-state index contributed by atoms with van der Waals surface area (Å²) in [5.41, 5.74) is 0.460. The first kappa shape index (κ1) is 13.2. The van der Waals surface area contributed by atoms with Crippen molar-refractivity contribution >= 4 is 17.9 Å². The van der Waals surface area contributed by atoms with E-state index >= 15 is 0 Å². The summed E-state index contributed by atoms with van der Waals surface area (Å²) in [6.07, 6.45) is 2.88. The third-order valence-electron chi connectivity index (χ3n) is 2.83. The average molecular weight is 271 g/mol. The van der Waals surface area contributed by atoms with E-state index in [4.69, 9.17) is 25.8 Å². The van der Waals surface area contributed by atoms with E-state index in [0.29, 0.717) is 28.7 Å². The first-order valence-corrected chi connectivity index (χ1v) is 6.19. The van der Waals surface area contributed by atoms with Crippen LogP contribution in [0.15, 0.2) is 12.1 Å². The molecular formula is C13H15ClO4. The Morgan fingerprint density at radius 2 is 2.39 bits per heavy atom. The van der Waals surface area contributed by atoms with Gasteiger partial charge in [0.15, 0.2) is 11.5 Å². The first-order valence-electron chi connectivity index (χ1n) is 5.81. The van der Waals surface area contributed by atoms with E-state index in [0.717, 1.165) is 25.7 Å². The summed E-state index contributed by atoms with van der Waals surface area (Å²) < 4.78 is 16.3. The molecule has 2 rings (SSSR count). The van der Waals surface area contributed by atoms with Gasteiger partial charge in [-0.15, -0.1) is 0 Å². The van der Waals surface area contributed by atoms with Crippen LogP contribution in [0.2, 0.25) is 5.02 Å². The van der Waals surface area contributed by atoms with Crippen LogP contribution in [0.1, 0.15) is 23.2 Å². The molecule has 1 aliphatic heterocycles. The number of carbonyl (C=O) groups excluding carboxylic acids is 1. The number of methoxy groups -OCH3 is 1. The minimum atomic E-state index is 0.108. The highest BCUT2D eigenvalue weighted by molar-refractivity contribution is 6.32. The molecule has 1 heterocycles. The van der Waals surface area contributed by atoms with Gasteiger partial charge in [-0.3, -0.25) is 4.79 Å². The second-order valence-electron chi connectivity index (χ2n) is 4.10. The van der Waals surface area contributed by atoms with Crippen LogP contribution in [0, 0.1) is 0 Å². The Morgan fingerprint density at radius 3 is 3.00 bits per heavy atom. The van der Waals surface area contributed by atoms with Gasteiger partial charge in [0.25, 0.3) is 0 Å². The molecule has 0 saturated carbocycles. The molecule has 1 atom stereocenters. The molecule has 0 aliphatic carbocycles. The minimum Gasteiger partial charge on any atom is -0.493 e. The topological polar surface area (TPSA) is 44.8 Å². The van der Waals surface area contributed by atoms with E-state index in [1.54, 1.807) is 12.1 Å². The van der Waals surface area contributed by atoms with E-state index in [-0.39, 0.29) is 6.10 Å². The Hall–Kier alpha value is -1.26. The summed E-state index contributed by atoms with van der Waals surface area (Å²) in [6.45, 7) is 1.22. The van der Waals surface area contributed by atoms with Crippen LogP contribution < -0.4 is 9.47 Å². The summed E-state index contributed by atoms with van der Waals surface area (Å²) in [5.74, 6) is 0.919. The standard InChI is InChI=1S/C13H15ClO4/c1-16-12-6-9(7-15)5-11(14)13(12)18-8-10-3-2-4-17-10/h5-7,10H,2-4,8H2,1H3. The van der Waals surface area contributed by atoms with Crippen molar-refractivity contribution in [2.75, 3.05) is 20.3 Å². The van der Waals surface area contributed by atoms with Gasteiger partial charge < -0.3 is 14.2 Å². The number of halogens is 1. The maximum atomic E-state index is 10.7. The Bertz CT molecular complexity index is 427. The molecule has 18 heavy (non-hydrogen) atoms. The number of benzene rings is 1. The molecule has 0 spiro atoms. The summed E-state index contributed by atoms with van der Waals surface area (Å²) >= 11 is 6.07. The summed E-state index contributed by atoms with van der Waals surface area (Å²) in [4.78, 5) is 10.7. The number of aldehydes is 1. The molecule has 1 aromatic carbocycles. The molecule has 0 radical (unpaired) electrons. The molecule has 98 valence electrons. The van der Waals surface area contributed by atoms with Gasteiger partial charge in [0.1, 0.15) is 12.9 Å². The zero-order valence-corrected chi connectivity index (χ0v) is 10.9. The highest BCUT2D eigenvalue weighted by Crippen LogP contribution is 2.36. The normalized spacial score (nSPS) is 18.7. The molecule has 1 aromatic rings. The van der Waals surface area contributed by atoms with Crippen molar-refractivity contribution in [3.05, 3.63) is 22.7 Å². The highest BCUT2D eigenvalue weighted by atomic mass is 35.5. The van der Waals surface area contributed by atoms with E-state index < -0.39 is 0 Å². The number of hydrogen-bond acceptors (Lipinski definition) is 4. The predicted molar refractivity (Wildman–Crippen MR) is 67.9 cm³/mol. The Kier molecular flexibility index (Phi) is 4.44. The zero-order valence-electron chi connectivity index (χ0n) is 10.1. The number of hydrogen-bond donors (Lipinski definition) is 0. The van der Waals surface area contributed by atoms with Crippen LogP contribution >= 0.6 is 11.6 Å². The lowest BCUT2D eigenvalue weighted by atomic mass is 10.2. The van der Waals surface area contributed by atoms with Gasteiger partial charge >= 0.3 is 0 Å². The smallest absolute Gasteiger partial charge is 0.179 e. The molecule has 1 unspecified atom stereocenters. The van der Waals surface area contributed by atoms with Gasteiger partial charge in [-0.2, -0.15) is 0 Å². The molecule has 1 saturated heterocycles. The van der Waals surface area contributed by atoms with Gasteiger partial charge in [0.2, 0.25) is 0 Å². The van der Waals surface area contributed by atoms with Crippen LogP contribution in [0.25, 0.3) is 0 Å². The fraction of sp³-hybridized carbons (Fsp3) is 0.462. The number of ether oxygens (including phenoxy) is 3. The van der Waals surface area contributed by atoms with E-state index in [1.165, 1.54) is 7.11 Å². The lowest BCUT2D eigenvalue weighted by molar-refractivity contribution is 0.0670. The molecule has 0 N–H and O–H groups in total. The second kappa shape index (κ2) is 6.07. The largest absolute Gasteiger partial charge is 0.493 e. The maximum Gasteiger partial charge on any atom is 0.179 e. The van der Waals surface area contributed by atoms with Crippen molar-refractivity contribution in [3.63, 3.8) is 0 Å². The average Bonchev–Trinajstić information content (AvgIpc) is 2.89. The van der Waals surface area contributed by atoms with Gasteiger partial charge in [0.05, 0.1) is 18.2 Å². The Morgan fingerprint density at radius 1 is 1.56 bits per heavy atom. The summed E-state index contributed by atoms with van der Waals surface area (Å²) in [5, 5.41) is 0.370. The van der Waals surface area contributed by atoms with E-state index in [9.17, 15) is 4.79 Å². The minimum absolute atomic E-state index is 0.108. The first-order chi connectivity index (χ1) is 8.74. The van der Waals surface area contributed by atoms with Crippen molar-refractivity contribution in [1.82, 2.24) is 0 Å². The lowest BCUT2D eigenvalue weighted by Gasteiger charge is -2.15. The molecule has 0 amide bonds. The molecule has 5 heteroatoms. The molecular weight excluding hydrogens is 256 g/mol. The Balaban J connectivity index is 2.12. The second-order valence-corrected chi connectivity index (χ2v) is 4.51. The van der Waals surface area contributed by atoms with Crippen molar-refractivity contribution in [2.24, 2.45) is 0 Å². The SMILES string of the molecule is COc1cc(C=O)cc(Cl)c1OCC1CCCO1. The van der Waals surface area contributed by atoms with Crippen LogP contribution in [-0.4, -0.2) is 32.7 Å². The third-order valence-corrected chi connectivity index (χ3v) is 3.11. The van der Waals surface area contributed by atoms with Crippen molar-refractivity contribution in [2.45, 2.75) is 18.9 Å². The van der Waals surface area contributed by atoms with Crippen LogP contribution in [0.4, 0.5) is 0 Å². The van der Waals surface area contributed by atoms with E-state index in [1.807, 2.05) is 0 Å². The molecule has 1 fully saturated rings. The van der Waals surface area contributed by atoms with Gasteiger partial charge in [-0.05, 0) is 25.0 Å². The zero-order chi connectivity index (χ0) is 13.0. The monoisotopic (exact) mass is 270 g/mol. The maximum absolute atomic E-state index is 10.7. The fourth-order valence-corrected chi connectivity index (χ4v) is 2.17. The quantitative estimate of drug-likeness (QED) is 0.772. The van der Waals surface area contributed by atoms with E-state index in [2.05, 4.69) is 0 Å². The summed E-state index contributed by atoms with van der Waals surface area (Å²) in [6, 6.07) is 3.16. The molecule has 4 nitrogen and oxygen atoms in total. The highest BCUT2D eigenvalue weighted by Gasteiger charge is 2.18. The lowest BCUT2D eigenvalue weighted by Crippen LogP contribution is -2.16. The fourth-order valence-electron chi connectivity index (χ4n) is 1.90. The van der Waals surface area contributed by atoms with Crippen molar-refractivity contribution < 1.29 is 19.0 Å². The van der Waals surface area contributed by atoms with Gasteiger partial charge in [0, 0.05) is 12.2 Å². The summed E-state index contributed by atoms with van der Waals surface area (Å²) in [7, 11) is 1.51. The van der Waals surface area contributed by atoms with Gasteiger partial charge in [-0.25, -0.2) is 0 Å². The predicted octanol–water partition coefficient (Wildman–Crippen LogP) is 2.72. The molecule has 0 aromatic heterocycles. The van der Waals surface area contributed by atoms with Crippen LogP contribution in [-0.2, 0) is 4.74 Å². The number of rotatable bonds is 5. The third kappa shape index (κ3) is 2.94. The van der Waals surface area contributed by atoms with Crippen molar-refractivity contribution in [3.8, 4) is 11.5 Å². The number of carbonyl (C=O) groups is 1. The van der Waals surface area contributed by atoms with Gasteiger partial charge in [-0.1, -0.05) is 11.6 Å². The molecule has 1 aliphatic rings. The molecule has 0 bridgehead atoms. The Labute approximate surface area is 111 Å². The van der Waals surface area contributed by atoms with Crippen LogP contribution in [0.3, 0.4) is 0 Å².